The maximum absolute atomic E-state index is 14.7. The minimum Gasteiger partial charge on any atom is -0.369 e. The highest BCUT2D eigenvalue weighted by Gasteiger charge is 2.45. The van der Waals surface area contributed by atoms with Crippen molar-refractivity contribution in [1.82, 2.24) is 24.6 Å². The van der Waals surface area contributed by atoms with E-state index in [1.165, 1.54) is 25.3 Å². The summed E-state index contributed by atoms with van der Waals surface area (Å²) in [5.74, 6) is 1.48. The number of likely N-dealkylation sites (tertiary alicyclic amines) is 1. The summed E-state index contributed by atoms with van der Waals surface area (Å²) < 4.78 is 45.8. The van der Waals surface area contributed by atoms with Crippen molar-refractivity contribution in [2.75, 3.05) is 23.3 Å². The van der Waals surface area contributed by atoms with Crippen molar-refractivity contribution in [2.24, 2.45) is 12.5 Å². The number of benzene rings is 2. The number of halogens is 3. The molecule has 0 radical (unpaired) electrons. The fraction of sp³-hybridized carbons (Fsp3) is 0.459. The van der Waals surface area contributed by atoms with E-state index < -0.39 is 23.5 Å². The van der Waals surface area contributed by atoms with Gasteiger partial charge in [0.2, 0.25) is 0 Å². The number of aryl methyl sites for hydroxylation is 2. The van der Waals surface area contributed by atoms with Crippen LogP contribution in [-0.4, -0.2) is 48.4 Å². The van der Waals surface area contributed by atoms with E-state index in [0.717, 1.165) is 54.6 Å². The number of rotatable bonds is 8. The Balaban J connectivity index is 1.19. The van der Waals surface area contributed by atoms with E-state index >= 15 is 0 Å². The predicted octanol–water partition coefficient (Wildman–Crippen LogP) is 7.12. The molecule has 2 aliphatic carbocycles. The van der Waals surface area contributed by atoms with Gasteiger partial charge in [0.1, 0.15) is 18.0 Å². The van der Waals surface area contributed by atoms with Crippen LogP contribution in [0.2, 0.25) is 0 Å². The highest BCUT2D eigenvalue weighted by Crippen LogP contribution is 2.49. The Bertz CT molecular complexity index is 1970. The molecule has 1 atom stereocenters. The van der Waals surface area contributed by atoms with E-state index in [2.05, 4.69) is 26.5 Å². The fourth-order valence-electron chi connectivity index (χ4n) is 8.07. The normalized spacial score (nSPS) is 20.7. The monoisotopic (exact) mass is 668 g/mol. The molecule has 254 valence electrons. The molecule has 0 bridgehead atoms. The average molecular weight is 669 g/mol. The zero-order valence-electron chi connectivity index (χ0n) is 27.7. The van der Waals surface area contributed by atoms with Gasteiger partial charge in [0.25, 0.3) is 0 Å². The summed E-state index contributed by atoms with van der Waals surface area (Å²) in [6.07, 6.45) is 2.34. The first-order chi connectivity index (χ1) is 23.4. The van der Waals surface area contributed by atoms with Crippen molar-refractivity contribution in [3.63, 3.8) is 0 Å². The van der Waals surface area contributed by atoms with E-state index in [1.54, 1.807) is 17.3 Å². The van der Waals surface area contributed by atoms with Gasteiger partial charge in [-0.2, -0.15) is 18.4 Å². The van der Waals surface area contributed by atoms with Crippen molar-refractivity contribution in [1.29, 1.82) is 5.26 Å². The van der Waals surface area contributed by atoms with E-state index in [0.29, 0.717) is 41.4 Å². The number of nitrogens with zero attached hydrogens (tertiary/aromatic N) is 7. The van der Waals surface area contributed by atoms with Crippen LogP contribution >= 0.6 is 0 Å². The molecule has 2 N–H and O–H groups in total. The Morgan fingerprint density at radius 2 is 1.88 bits per heavy atom. The zero-order chi connectivity index (χ0) is 34.1. The lowest BCUT2D eigenvalue weighted by Crippen LogP contribution is -2.32. The molecule has 4 aliphatic rings. The number of fused-ring (bicyclic) bond motifs is 1. The quantitative estimate of drug-likeness (QED) is 0.205. The van der Waals surface area contributed by atoms with E-state index in [1.807, 2.05) is 48.9 Å². The highest BCUT2D eigenvalue weighted by atomic mass is 19.4. The number of hydrogen-bond donors (Lipinski definition) is 2. The van der Waals surface area contributed by atoms with Crippen LogP contribution in [0.1, 0.15) is 79.0 Å². The molecule has 0 amide bonds. The van der Waals surface area contributed by atoms with Gasteiger partial charge in [0, 0.05) is 37.8 Å². The Kier molecular flexibility index (Phi) is 7.50. The molecule has 1 spiro atoms. The van der Waals surface area contributed by atoms with Crippen molar-refractivity contribution in [3.05, 3.63) is 76.6 Å². The number of nitriles is 1. The summed E-state index contributed by atoms with van der Waals surface area (Å²) in [6.45, 7) is 4.05. The van der Waals surface area contributed by atoms with Gasteiger partial charge in [-0.3, -0.25) is 4.90 Å². The topological polar surface area (TPSA) is 106 Å². The highest BCUT2D eigenvalue weighted by molar-refractivity contribution is 5.84. The lowest BCUT2D eigenvalue weighted by atomic mass is 9.68. The summed E-state index contributed by atoms with van der Waals surface area (Å²) in [6, 6.07) is 15.0. The van der Waals surface area contributed by atoms with Gasteiger partial charge < -0.3 is 19.9 Å². The first-order valence-corrected chi connectivity index (χ1v) is 17.0. The Hall–Kier alpha value is -4.47. The van der Waals surface area contributed by atoms with Gasteiger partial charge in [-0.1, -0.05) is 30.2 Å². The molecule has 3 fully saturated rings. The van der Waals surface area contributed by atoms with Crippen molar-refractivity contribution in [3.8, 4) is 28.6 Å². The number of anilines is 2. The summed E-state index contributed by atoms with van der Waals surface area (Å²) in [4.78, 5) is 8.67. The molecule has 9 nitrogen and oxygen atoms in total. The summed E-state index contributed by atoms with van der Waals surface area (Å²) in [7, 11) is 1.86. The van der Waals surface area contributed by atoms with Crippen molar-refractivity contribution < 1.29 is 18.3 Å². The maximum Gasteiger partial charge on any atom is 0.416 e. The largest absolute Gasteiger partial charge is 0.416 e. The molecule has 2 aromatic heterocycles. The van der Waals surface area contributed by atoms with E-state index in [-0.39, 0.29) is 17.7 Å². The zero-order valence-corrected chi connectivity index (χ0v) is 27.7. The Labute approximate surface area is 283 Å². The van der Waals surface area contributed by atoms with Crippen molar-refractivity contribution in [2.45, 2.75) is 82.9 Å². The molecule has 8 rings (SSSR count). The second-order valence-electron chi connectivity index (χ2n) is 14.7. The summed E-state index contributed by atoms with van der Waals surface area (Å²) in [5, 5.41) is 33.1. The van der Waals surface area contributed by atoms with E-state index in [9.17, 15) is 23.5 Å². The molecule has 12 heteroatoms. The smallest absolute Gasteiger partial charge is 0.369 e. The number of aliphatic hydroxyl groups is 1. The van der Waals surface area contributed by atoms with Gasteiger partial charge in [-0.05, 0) is 97.5 Å². The minimum atomic E-state index is -4.58. The van der Waals surface area contributed by atoms with Crippen LogP contribution in [0.3, 0.4) is 0 Å². The predicted molar refractivity (Wildman–Crippen MR) is 179 cm³/mol. The third-order valence-electron chi connectivity index (χ3n) is 11.1. The minimum absolute atomic E-state index is 0.0702. The third-order valence-corrected chi connectivity index (χ3v) is 11.1. The number of nitrogens with one attached hydrogen (secondary N) is 1. The molecular weight excluding hydrogens is 629 g/mol. The molecule has 49 heavy (non-hydrogen) atoms. The van der Waals surface area contributed by atoms with Crippen LogP contribution in [0.4, 0.5) is 24.8 Å². The van der Waals surface area contributed by atoms with Crippen LogP contribution < -0.4 is 10.2 Å². The lowest BCUT2D eigenvalue weighted by molar-refractivity contribution is -0.138. The molecule has 4 aromatic rings. The van der Waals surface area contributed by atoms with E-state index in [4.69, 9.17) is 4.98 Å². The molecule has 4 heterocycles. The molecule has 1 unspecified atom stereocenters. The first-order valence-electron chi connectivity index (χ1n) is 17.0. The lowest BCUT2D eigenvalue weighted by Gasteiger charge is -2.38. The molecule has 2 saturated carbocycles. The van der Waals surface area contributed by atoms with Crippen LogP contribution in [-0.2, 0) is 26.3 Å². The number of alkyl halides is 3. The van der Waals surface area contributed by atoms with Gasteiger partial charge in [0.15, 0.2) is 12.1 Å². The van der Waals surface area contributed by atoms with Crippen LogP contribution in [0.15, 0.2) is 48.8 Å². The van der Waals surface area contributed by atoms with Gasteiger partial charge >= 0.3 is 6.18 Å². The second-order valence-corrected chi connectivity index (χ2v) is 14.7. The molecule has 2 aromatic carbocycles. The standard InChI is InChI=1S/C37H39F3N8O/c1-23-4-5-26(33-45-42-22-46(33)2)27(14-23)25-17-31(44-36(8-9-36)10-12-41)43-32(18-25)48-20-29-28(34(48)49)15-24(16-30(29)37(38,39)40)19-47-13-11-35(21-47)6-3-7-35/h4-5,14-18,22,34,49H,3,6-11,13,19-21H2,1-2H3,(H,43,44). The SMILES string of the molecule is Cc1ccc(-c2nncn2C)c(-c2cc(NC3(CC#N)CC3)nc(N3Cc4c(cc(CN5CCC6(CCC6)C5)cc4C(F)(F)F)C3O)c2)c1. The summed E-state index contributed by atoms with van der Waals surface area (Å²) >= 11 is 0. The fourth-order valence-corrected chi connectivity index (χ4v) is 8.07. The molecular formula is C37H39F3N8O. The maximum atomic E-state index is 14.7. The summed E-state index contributed by atoms with van der Waals surface area (Å²) in [5.41, 5.74) is 3.54. The average Bonchev–Trinajstić information content (AvgIpc) is 3.33. The molecule has 1 saturated heterocycles. The van der Waals surface area contributed by atoms with Gasteiger partial charge in [-0.25, -0.2) is 4.98 Å². The van der Waals surface area contributed by atoms with Crippen molar-refractivity contribution >= 4 is 11.6 Å². The first kappa shape index (κ1) is 31.8. The second kappa shape index (κ2) is 11.6. The number of pyridine rings is 1. The Morgan fingerprint density at radius 3 is 2.53 bits per heavy atom. The number of hydrogen-bond acceptors (Lipinski definition) is 8. The third kappa shape index (κ3) is 5.82. The van der Waals surface area contributed by atoms with Crippen LogP contribution in [0.25, 0.3) is 22.5 Å². The number of aliphatic hydroxyl groups excluding tert-OH is 1. The van der Waals surface area contributed by atoms with Crippen LogP contribution in [0.5, 0.6) is 0 Å². The number of aromatic nitrogens is 4. The van der Waals surface area contributed by atoms with Crippen LogP contribution in [0, 0.1) is 23.7 Å². The Morgan fingerprint density at radius 1 is 1.06 bits per heavy atom. The van der Waals surface area contributed by atoms with Gasteiger partial charge in [-0.15, -0.1) is 10.2 Å². The van der Waals surface area contributed by atoms with Gasteiger partial charge in [0.05, 0.1) is 23.6 Å². The molecule has 2 aliphatic heterocycles.